The molecule has 7 heteroatoms. The van der Waals surface area contributed by atoms with Crippen molar-refractivity contribution in [3.8, 4) is 5.75 Å². The zero-order chi connectivity index (χ0) is 17.3. The first-order valence-corrected chi connectivity index (χ1v) is 7.82. The Balaban J connectivity index is 1.72. The summed E-state index contributed by atoms with van der Waals surface area (Å²) < 4.78 is 17.0. The van der Waals surface area contributed by atoms with Crippen LogP contribution in [0.4, 0.5) is 0 Å². The number of amides is 1. The number of hydrogen-bond donors (Lipinski definition) is 0. The number of carbonyl (C=O) groups is 1. The van der Waals surface area contributed by atoms with E-state index in [1.807, 2.05) is 19.9 Å². The van der Waals surface area contributed by atoms with Crippen LogP contribution >= 0.6 is 11.6 Å². The molecule has 2 heterocycles. The Hall–Kier alpha value is -2.47. The van der Waals surface area contributed by atoms with E-state index < -0.39 is 6.23 Å². The summed E-state index contributed by atoms with van der Waals surface area (Å²) in [5, 5.41) is 6.07. The number of aryl methyl sites for hydroxylation is 2. The third-order valence-corrected chi connectivity index (χ3v) is 3.75. The summed E-state index contributed by atoms with van der Waals surface area (Å²) in [6, 6.07) is 8.89. The van der Waals surface area contributed by atoms with E-state index in [1.165, 1.54) is 11.9 Å². The highest BCUT2D eigenvalue weighted by Crippen LogP contribution is 2.24. The molecule has 3 rings (SSSR count). The summed E-state index contributed by atoms with van der Waals surface area (Å²) in [6.07, 6.45) is -0.655. The van der Waals surface area contributed by atoms with E-state index >= 15 is 0 Å². The number of ether oxygens (including phenoxy) is 2. The summed E-state index contributed by atoms with van der Waals surface area (Å²) in [7, 11) is 0. The van der Waals surface area contributed by atoms with Gasteiger partial charge < -0.3 is 13.9 Å². The maximum absolute atomic E-state index is 11.8. The zero-order valence-corrected chi connectivity index (χ0v) is 14.3. The van der Waals surface area contributed by atoms with Crippen LogP contribution in [0.25, 0.3) is 0 Å². The van der Waals surface area contributed by atoms with Crippen LogP contribution in [0.1, 0.15) is 24.0 Å². The van der Waals surface area contributed by atoms with Gasteiger partial charge in [-0.25, -0.2) is 0 Å². The lowest BCUT2D eigenvalue weighted by molar-refractivity contribution is -0.136. The molecule has 2 aromatic rings. The molecule has 24 heavy (non-hydrogen) atoms. The Labute approximate surface area is 144 Å². The molecular formula is C17H17ClN2O4. The molecule has 0 fully saturated rings. The van der Waals surface area contributed by atoms with Crippen LogP contribution in [0.15, 0.2) is 39.9 Å². The monoisotopic (exact) mass is 348 g/mol. The smallest absolute Gasteiger partial charge is 0.277 e. The van der Waals surface area contributed by atoms with Crippen molar-refractivity contribution in [2.45, 2.75) is 27.0 Å². The fourth-order valence-corrected chi connectivity index (χ4v) is 2.56. The second kappa shape index (κ2) is 6.57. The average molecular weight is 349 g/mol. The summed E-state index contributed by atoms with van der Waals surface area (Å²) in [5.74, 6) is 1.91. The molecule has 0 N–H and O–H groups in total. The fraction of sp³-hybridized carbons (Fsp3) is 0.294. The highest BCUT2D eigenvalue weighted by Gasteiger charge is 2.33. The van der Waals surface area contributed by atoms with E-state index in [2.05, 4.69) is 5.10 Å². The third kappa shape index (κ3) is 3.38. The first kappa shape index (κ1) is 16.4. The molecule has 0 unspecified atom stereocenters. The van der Waals surface area contributed by atoms with E-state index in [1.54, 1.807) is 24.3 Å². The highest BCUT2D eigenvalue weighted by molar-refractivity contribution is 6.30. The summed E-state index contributed by atoms with van der Waals surface area (Å²) in [6.45, 7) is 5.27. The van der Waals surface area contributed by atoms with Crippen LogP contribution < -0.4 is 4.74 Å². The van der Waals surface area contributed by atoms with Crippen LogP contribution in [-0.4, -0.2) is 29.6 Å². The lowest BCUT2D eigenvalue weighted by atomic mass is 10.2. The topological polar surface area (TPSA) is 64.3 Å². The Morgan fingerprint density at radius 3 is 2.75 bits per heavy atom. The van der Waals surface area contributed by atoms with Gasteiger partial charge in [0.2, 0.25) is 12.1 Å². The SMILES string of the molecule is CC(=O)N1N=C(c2ccc(C)o2)O[C@H]1COc1ccc(Cl)cc1C. The first-order chi connectivity index (χ1) is 11.4. The van der Waals surface area contributed by atoms with E-state index in [9.17, 15) is 4.79 Å². The van der Waals surface area contributed by atoms with E-state index in [0.29, 0.717) is 16.5 Å². The molecule has 1 atom stereocenters. The molecule has 0 saturated carbocycles. The molecule has 126 valence electrons. The van der Waals surface area contributed by atoms with Gasteiger partial charge in [0.05, 0.1) is 0 Å². The quantitative estimate of drug-likeness (QED) is 0.848. The van der Waals surface area contributed by atoms with Gasteiger partial charge in [0.25, 0.3) is 5.90 Å². The molecule has 0 bridgehead atoms. The summed E-state index contributed by atoms with van der Waals surface area (Å²) >= 11 is 5.94. The van der Waals surface area contributed by atoms with Gasteiger partial charge in [0.15, 0.2) is 5.76 Å². The number of hydrogen-bond acceptors (Lipinski definition) is 5. The van der Waals surface area contributed by atoms with Crippen LogP contribution in [0.5, 0.6) is 5.75 Å². The van der Waals surface area contributed by atoms with Gasteiger partial charge in [0, 0.05) is 11.9 Å². The third-order valence-electron chi connectivity index (χ3n) is 3.51. The van der Waals surface area contributed by atoms with Gasteiger partial charge in [-0.15, -0.1) is 5.10 Å². The predicted molar refractivity (Wildman–Crippen MR) is 89.1 cm³/mol. The van der Waals surface area contributed by atoms with E-state index in [-0.39, 0.29) is 18.4 Å². The second-order valence-corrected chi connectivity index (χ2v) is 5.91. The van der Waals surface area contributed by atoms with Crippen molar-refractivity contribution in [2.24, 2.45) is 5.10 Å². The van der Waals surface area contributed by atoms with Crippen LogP contribution in [0, 0.1) is 13.8 Å². The lowest BCUT2D eigenvalue weighted by Crippen LogP contribution is -2.36. The molecule has 0 aliphatic carbocycles. The number of carbonyl (C=O) groups excluding carboxylic acids is 1. The number of nitrogens with zero attached hydrogens (tertiary/aromatic N) is 2. The number of halogens is 1. The number of hydrazone groups is 1. The van der Waals surface area contributed by atoms with Gasteiger partial charge in [-0.05, 0) is 49.7 Å². The molecule has 6 nitrogen and oxygen atoms in total. The summed E-state index contributed by atoms with van der Waals surface area (Å²) in [5.41, 5.74) is 0.901. The minimum Gasteiger partial charge on any atom is -0.487 e. The van der Waals surface area contributed by atoms with E-state index in [4.69, 9.17) is 25.5 Å². The number of benzene rings is 1. The molecule has 1 aromatic carbocycles. The standard InChI is InChI=1S/C17H17ClN2O4/c1-10-8-13(18)5-7-14(10)22-9-16-20(12(3)21)19-17(24-16)15-6-4-11(2)23-15/h4-8,16H,9H2,1-3H3/t16-/m0/s1. The van der Waals surface area contributed by atoms with Gasteiger partial charge in [-0.3, -0.25) is 4.79 Å². The Kier molecular flexibility index (Phi) is 4.49. The molecule has 1 aromatic heterocycles. The minimum absolute atomic E-state index is 0.134. The molecule has 0 radical (unpaired) electrons. The Morgan fingerprint density at radius 1 is 1.33 bits per heavy atom. The molecule has 1 aliphatic heterocycles. The average Bonchev–Trinajstić information content (AvgIpc) is 3.12. The van der Waals surface area contributed by atoms with Gasteiger partial charge >= 0.3 is 0 Å². The van der Waals surface area contributed by atoms with Crippen molar-refractivity contribution in [1.82, 2.24) is 5.01 Å². The van der Waals surface area contributed by atoms with Crippen molar-refractivity contribution in [1.29, 1.82) is 0 Å². The fourth-order valence-electron chi connectivity index (χ4n) is 2.34. The normalized spacial score (nSPS) is 16.8. The summed E-state index contributed by atoms with van der Waals surface area (Å²) in [4.78, 5) is 11.8. The van der Waals surface area contributed by atoms with Crippen molar-refractivity contribution >= 4 is 23.4 Å². The van der Waals surface area contributed by atoms with Gasteiger partial charge in [-0.1, -0.05) is 11.6 Å². The largest absolute Gasteiger partial charge is 0.487 e. The van der Waals surface area contributed by atoms with Crippen molar-refractivity contribution < 1.29 is 18.7 Å². The first-order valence-electron chi connectivity index (χ1n) is 7.45. The minimum atomic E-state index is -0.655. The maximum Gasteiger partial charge on any atom is 0.277 e. The maximum atomic E-state index is 11.8. The van der Waals surface area contributed by atoms with Crippen molar-refractivity contribution in [3.05, 3.63) is 52.4 Å². The zero-order valence-electron chi connectivity index (χ0n) is 13.6. The lowest BCUT2D eigenvalue weighted by Gasteiger charge is -2.19. The van der Waals surface area contributed by atoms with Crippen LogP contribution in [0.3, 0.4) is 0 Å². The number of rotatable bonds is 4. The molecule has 0 spiro atoms. The molecule has 1 aliphatic rings. The van der Waals surface area contributed by atoms with E-state index in [0.717, 1.165) is 11.3 Å². The highest BCUT2D eigenvalue weighted by atomic mass is 35.5. The predicted octanol–water partition coefficient (Wildman–Crippen LogP) is 3.50. The van der Waals surface area contributed by atoms with Crippen LogP contribution in [0.2, 0.25) is 5.02 Å². The van der Waals surface area contributed by atoms with Gasteiger partial charge in [-0.2, -0.15) is 5.01 Å². The molecule has 0 saturated heterocycles. The van der Waals surface area contributed by atoms with Crippen LogP contribution in [-0.2, 0) is 9.53 Å². The van der Waals surface area contributed by atoms with Crippen molar-refractivity contribution in [3.63, 3.8) is 0 Å². The molecular weight excluding hydrogens is 332 g/mol. The second-order valence-electron chi connectivity index (χ2n) is 5.47. The molecule has 1 amide bonds. The Bertz CT molecular complexity index is 800. The Morgan fingerprint density at radius 2 is 2.12 bits per heavy atom. The van der Waals surface area contributed by atoms with Crippen molar-refractivity contribution in [2.75, 3.05) is 6.61 Å². The number of furan rings is 1. The van der Waals surface area contributed by atoms with Gasteiger partial charge in [0.1, 0.15) is 18.1 Å².